The Kier molecular flexibility index (Phi) is 6.55. The van der Waals surface area contributed by atoms with E-state index in [9.17, 15) is 0 Å². The van der Waals surface area contributed by atoms with Gasteiger partial charge in [-0.15, -0.1) is 0 Å². The monoisotopic (exact) mass is 275 g/mol. The van der Waals surface area contributed by atoms with Crippen LogP contribution in [0.3, 0.4) is 0 Å². The largest absolute Gasteiger partial charge is 0.376 e. The molecule has 0 aromatic heterocycles. The molecule has 3 atom stereocenters. The number of nitrogens with one attached hydrogen (secondary N) is 1. The normalized spacial score (nSPS) is 23.9. The van der Waals surface area contributed by atoms with Crippen LogP contribution >= 0.6 is 0 Å². The molecule has 0 radical (unpaired) electrons. The van der Waals surface area contributed by atoms with Gasteiger partial charge < -0.3 is 10.1 Å². The Bertz CT molecular complexity index is 365. The predicted molar refractivity (Wildman–Crippen MR) is 85.0 cm³/mol. The molecule has 3 unspecified atom stereocenters. The maximum atomic E-state index is 5.96. The van der Waals surface area contributed by atoms with Crippen LogP contribution in [0.15, 0.2) is 30.3 Å². The summed E-state index contributed by atoms with van der Waals surface area (Å²) < 4.78 is 5.96. The minimum Gasteiger partial charge on any atom is -0.376 e. The van der Waals surface area contributed by atoms with Gasteiger partial charge in [-0.1, -0.05) is 44.2 Å². The molecule has 20 heavy (non-hydrogen) atoms. The van der Waals surface area contributed by atoms with Crippen molar-refractivity contribution >= 4 is 0 Å². The van der Waals surface area contributed by atoms with Crippen LogP contribution in [0.4, 0.5) is 0 Å². The van der Waals surface area contributed by atoms with Crippen molar-refractivity contribution < 1.29 is 4.74 Å². The van der Waals surface area contributed by atoms with Crippen LogP contribution in [-0.2, 0) is 11.2 Å². The summed E-state index contributed by atoms with van der Waals surface area (Å²) in [5.41, 5.74) is 1.45. The van der Waals surface area contributed by atoms with Crippen molar-refractivity contribution in [2.24, 2.45) is 5.92 Å². The van der Waals surface area contributed by atoms with E-state index >= 15 is 0 Å². The second-order valence-electron chi connectivity index (χ2n) is 6.04. The molecule has 1 fully saturated rings. The number of hydrogen-bond donors (Lipinski definition) is 1. The zero-order valence-electron chi connectivity index (χ0n) is 13.0. The van der Waals surface area contributed by atoms with E-state index in [1.54, 1.807) is 0 Å². The van der Waals surface area contributed by atoms with Gasteiger partial charge in [-0.05, 0) is 50.1 Å². The van der Waals surface area contributed by atoms with Gasteiger partial charge in [0.2, 0.25) is 0 Å². The summed E-state index contributed by atoms with van der Waals surface area (Å²) in [5, 5.41) is 3.70. The summed E-state index contributed by atoms with van der Waals surface area (Å²) in [5.74, 6) is 0.695. The number of benzene rings is 1. The Labute approximate surface area is 123 Å². The van der Waals surface area contributed by atoms with Crippen molar-refractivity contribution in [3.05, 3.63) is 35.9 Å². The molecule has 1 saturated heterocycles. The molecule has 1 aromatic carbocycles. The number of rotatable bonds is 8. The average molecular weight is 275 g/mol. The summed E-state index contributed by atoms with van der Waals surface area (Å²) >= 11 is 0. The van der Waals surface area contributed by atoms with Gasteiger partial charge in [0.15, 0.2) is 0 Å². The average Bonchev–Trinajstić information content (AvgIpc) is 2.90. The fourth-order valence-electron chi connectivity index (χ4n) is 3.11. The first-order valence-electron chi connectivity index (χ1n) is 8.20. The Morgan fingerprint density at radius 2 is 2.10 bits per heavy atom. The fourth-order valence-corrected chi connectivity index (χ4v) is 3.11. The molecule has 1 aliphatic heterocycles. The maximum absolute atomic E-state index is 5.96. The van der Waals surface area contributed by atoms with E-state index in [1.165, 1.54) is 37.7 Å². The molecule has 0 bridgehead atoms. The lowest BCUT2D eigenvalue weighted by atomic mass is 9.93. The highest BCUT2D eigenvalue weighted by molar-refractivity contribution is 5.14. The van der Waals surface area contributed by atoms with Gasteiger partial charge in [-0.3, -0.25) is 0 Å². The summed E-state index contributed by atoms with van der Waals surface area (Å²) in [6.07, 6.45) is 6.44. The fraction of sp³-hybridized carbons (Fsp3) is 0.667. The zero-order chi connectivity index (χ0) is 14.2. The van der Waals surface area contributed by atoms with Crippen molar-refractivity contribution in [1.29, 1.82) is 0 Å². The van der Waals surface area contributed by atoms with Crippen molar-refractivity contribution in [3.8, 4) is 0 Å². The lowest BCUT2D eigenvalue weighted by Crippen LogP contribution is -2.42. The smallest absolute Gasteiger partial charge is 0.0754 e. The first-order valence-corrected chi connectivity index (χ1v) is 8.20. The Morgan fingerprint density at radius 3 is 2.75 bits per heavy atom. The topological polar surface area (TPSA) is 21.3 Å². The molecule has 1 aromatic rings. The molecule has 1 heterocycles. The summed E-state index contributed by atoms with van der Waals surface area (Å²) in [7, 11) is 0. The van der Waals surface area contributed by atoms with Gasteiger partial charge in [-0.25, -0.2) is 0 Å². The van der Waals surface area contributed by atoms with Crippen LogP contribution in [0.25, 0.3) is 0 Å². The zero-order valence-corrected chi connectivity index (χ0v) is 13.0. The van der Waals surface area contributed by atoms with Crippen LogP contribution in [0.2, 0.25) is 0 Å². The van der Waals surface area contributed by atoms with E-state index < -0.39 is 0 Å². The predicted octanol–water partition coefficient (Wildman–Crippen LogP) is 3.80. The molecule has 112 valence electrons. The van der Waals surface area contributed by atoms with Gasteiger partial charge in [-0.2, -0.15) is 0 Å². The molecule has 0 saturated carbocycles. The van der Waals surface area contributed by atoms with Crippen molar-refractivity contribution in [2.75, 3.05) is 13.2 Å². The molecule has 0 amide bonds. The third kappa shape index (κ3) is 4.60. The van der Waals surface area contributed by atoms with Crippen LogP contribution in [0.5, 0.6) is 0 Å². The van der Waals surface area contributed by atoms with Gasteiger partial charge in [0, 0.05) is 12.6 Å². The standard InChI is InChI=1S/C18H29NO/c1-3-13-19-17(18-15(2)12-14-20-18)11-7-10-16-8-5-4-6-9-16/h4-6,8-9,15,17-19H,3,7,10-14H2,1-2H3. The van der Waals surface area contributed by atoms with Crippen LogP contribution < -0.4 is 5.32 Å². The molecule has 2 rings (SSSR count). The molecule has 0 spiro atoms. The maximum Gasteiger partial charge on any atom is 0.0754 e. The second-order valence-corrected chi connectivity index (χ2v) is 6.04. The third-order valence-electron chi connectivity index (χ3n) is 4.32. The minimum atomic E-state index is 0.414. The molecule has 2 heteroatoms. The Balaban J connectivity index is 1.81. The number of ether oxygens (including phenoxy) is 1. The highest BCUT2D eigenvalue weighted by atomic mass is 16.5. The van der Waals surface area contributed by atoms with Gasteiger partial charge in [0.1, 0.15) is 0 Å². The van der Waals surface area contributed by atoms with E-state index in [0.717, 1.165) is 13.2 Å². The highest BCUT2D eigenvalue weighted by Crippen LogP contribution is 2.25. The first kappa shape index (κ1) is 15.5. The molecule has 0 aliphatic carbocycles. The van der Waals surface area contributed by atoms with Crippen molar-refractivity contribution in [3.63, 3.8) is 0 Å². The summed E-state index contributed by atoms with van der Waals surface area (Å²) in [4.78, 5) is 0. The highest BCUT2D eigenvalue weighted by Gasteiger charge is 2.31. The molecule has 2 nitrogen and oxygen atoms in total. The van der Waals surface area contributed by atoms with E-state index in [4.69, 9.17) is 4.74 Å². The van der Waals surface area contributed by atoms with E-state index in [0.29, 0.717) is 18.1 Å². The third-order valence-corrected chi connectivity index (χ3v) is 4.32. The van der Waals surface area contributed by atoms with Crippen LogP contribution in [0.1, 0.15) is 45.1 Å². The van der Waals surface area contributed by atoms with E-state index in [1.807, 2.05) is 0 Å². The number of aryl methyl sites for hydroxylation is 1. The lowest BCUT2D eigenvalue weighted by molar-refractivity contribution is 0.0576. The second kappa shape index (κ2) is 8.43. The molecule has 1 N–H and O–H groups in total. The molecule has 1 aliphatic rings. The van der Waals surface area contributed by atoms with Crippen molar-refractivity contribution in [2.45, 2.75) is 58.1 Å². The first-order chi connectivity index (χ1) is 9.81. The van der Waals surface area contributed by atoms with Gasteiger partial charge in [0.25, 0.3) is 0 Å². The SMILES string of the molecule is CCCNC(CCCc1ccccc1)C1OCCC1C. The Hall–Kier alpha value is -0.860. The summed E-state index contributed by atoms with van der Waals surface area (Å²) in [6.45, 7) is 6.60. The van der Waals surface area contributed by atoms with Crippen LogP contribution in [0, 0.1) is 5.92 Å². The minimum absolute atomic E-state index is 0.414. The summed E-state index contributed by atoms with van der Waals surface area (Å²) in [6, 6.07) is 11.3. The molecular weight excluding hydrogens is 246 g/mol. The quantitative estimate of drug-likeness (QED) is 0.779. The van der Waals surface area contributed by atoms with E-state index in [2.05, 4.69) is 49.5 Å². The van der Waals surface area contributed by atoms with Gasteiger partial charge >= 0.3 is 0 Å². The van der Waals surface area contributed by atoms with E-state index in [-0.39, 0.29) is 0 Å². The number of hydrogen-bond acceptors (Lipinski definition) is 2. The lowest BCUT2D eigenvalue weighted by Gasteiger charge is -2.27. The van der Waals surface area contributed by atoms with Crippen LogP contribution in [-0.4, -0.2) is 25.3 Å². The van der Waals surface area contributed by atoms with Crippen molar-refractivity contribution in [1.82, 2.24) is 5.32 Å². The molecular formula is C18H29NO. The Morgan fingerprint density at radius 1 is 1.30 bits per heavy atom. The van der Waals surface area contributed by atoms with Gasteiger partial charge in [0.05, 0.1) is 6.10 Å².